The SMILES string of the molecule is Cc1cc2cnc(NC(=O)C3CC(F)(F)C3)cc2cc1C1CCN(C2(C)COCC2O)CC1. The second kappa shape index (κ2) is 8.25. The van der Waals surface area contributed by atoms with Gasteiger partial charge in [0.25, 0.3) is 0 Å². The molecule has 3 fully saturated rings. The van der Waals surface area contributed by atoms with Crippen LogP contribution in [0.15, 0.2) is 24.4 Å². The number of amides is 1. The van der Waals surface area contributed by atoms with Gasteiger partial charge in [-0.2, -0.15) is 0 Å². The molecular weight excluding hydrogens is 428 g/mol. The maximum Gasteiger partial charge on any atom is 0.249 e. The van der Waals surface area contributed by atoms with Crippen LogP contribution < -0.4 is 5.32 Å². The first kappa shape index (κ1) is 22.6. The predicted octanol–water partition coefficient (Wildman–Crippen LogP) is 3.86. The molecule has 8 heteroatoms. The number of anilines is 1. The molecule has 1 saturated carbocycles. The first-order valence-corrected chi connectivity index (χ1v) is 11.7. The van der Waals surface area contributed by atoms with E-state index in [1.165, 1.54) is 11.1 Å². The molecule has 0 bridgehead atoms. The third kappa shape index (κ3) is 4.24. The number of carbonyl (C=O) groups is 1. The van der Waals surface area contributed by atoms with Crippen molar-refractivity contribution >= 4 is 22.5 Å². The van der Waals surface area contributed by atoms with E-state index in [2.05, 4.69) is 41.2 Å². The number of rotatable bonds is 4. The summed E-state index contributed by atoms with van der Waals surface area (Å²) in [6.07, 6.45) is 2.48. The molecule has 3 heterocycles. The number of alkyl halides is 2. The third-order valence-electron chi connectivity index (χ3n) is 7.86. The lowest BCUT2D eigenvalue weighted by atomic mass is 9.81. The predicted molar refractivity (Wildman–Crippen MR) is 122 cm³/mol. The van der Waals surface area contributed by atoms with Crippen LogP contribution in [0.2, 0.25) is 0 Å². The van der Waals surface area contributed by atoms with Crippen molar-refractivity contribution in [2.24, 2.45) is 5.92 Å². The van der Waals surface area contributed by atoms with Crippen molar-refractivity contribution in [3.05, 3.63) is 35.5 Å². The number of nitrogens with zero attached hydrogens (tertiary/aromatic N) is 2. The van der Waals surface area contributed by atoms with Crippen LogP contribution in [0.5, 0.6) is 0 Å². The summed E-state index contributed by atoms with van der Waals surface area (Å²) in [6, 6.07) is 6.13. The first-order valence-electron chi connectivity index (χ1n) is 11.7. The molecule has 1 aromatic carbocycles. The minimum atomic E-state index is -2.72. The number of pyridine rings is 1. The Balaban J connectivity index is 1.30. The number of likely N-dealkylation sites (tertiary alicyclic amines) is 1. The number of aliphatic hydroxyl groups excluding tert-OH is 1. The summed E-state index contributed by atoms with van der Waals surface area (Å²) in [6.45, 7) is 6.97. The van der Waals surface area contributed by atoms with Crippen LogP contribution in [-0.4, -0.2) is 64.8 Å². The summed E-state index contributed by atoms with van der Waals surface area (Å²) in [7, 11) is 0. The van der Waals surface area contributed by atoms with Gasteiger partial charge in [-0.3, -0.25) is 9.69 Å². The zero-order chi connectivity index (χ0) is 23.4. The number of hydrogen-bond acceptors (Lipinski definition) is 5. The van der Waals surface area contributed by atoms with Crippen LogP contribution in [0, 0.1) is 12.8 Å². The van der Waals surface area contributed by atoms with Gasteiger partial charge >= 0.3 is 0 Å². The van der Waals surface area contributed by atoms with Crippen LogP contribution in [0.4, 0.5) is 14.6 Å². The molecule has 178 valence electrons. The number of nitrogens with one attached hydrogen (secondary N) is 1. The molecule has 1 aliphatic carbocycles. The van der Waals surface area contributed by atoms with Crippen LogP contribution in [0.3, 0.4) is 0 Å². The summed E-state index contributed by atoms with van der Waals surface area (Å²) < 4.78 is 31.7. The Morgan fingerprint density at radius 2 is 1.94 bits per heavy atom. The number of aliphatic hydroxyl groups is 1. The molecular formula is C25H31F2N3O3. The number of carbonyl (C=O) groups excluding carboxylic acids is 1. The van der Waals surface area contributed by atoms with Crippen LogP contribution in [-0.2, 0) is 9.53 Å². The van der Waals surface area contributed by atoms with Crippen molar-refractivity contribution in [3.63, 3.8) is 0 Å². The van der Waals surface area contributed by atoms with Crippen molar-refractivity contribution < 1.29 is 23.4 Å². The van der Waals surface area contributed by atoms with E-state index < -0.39 is 30.8 Å². The zero-order valence-corrected chi connectivity index (χ0v) is 19.1. The van der Waals surface area contributed by atoms with E-state index in [9.17, 15) is 18.7 Å². The minimum absolute atomic E-state index is 0.313. The van der Waals surface area contributed by atoms with Gasteiger partial charge in [0.2, 0.25) is 11.8 Å². The van der Waals surface area contributed by atoms with Gasteiger partial charge in [0.1, 0.15) is 5.82 Å². The van der Waals surface area contributed by atoms with Crippen molar-refractivity contribution in [2.75, 3.05) is 31.6 Å². The van der Waals surface area contributed by atoms with E-state index >= 15 is 0 Å². The van der Waals surface area contributed by atoms with Gasteiger partial charge in [0.05, 0.1) is 24.9 Å². The highest BCUT2D eigenvalue weighted by molar-refractivity contribution is 5.95. The maximum atomic E-state index is 13.1. The number of fused-ring (bicyclic) bond motifs is 1. The molecule has 2 aliphatic heterocycles. The lowest BCUT2D eigenvalue weighted by Gasteiger charge is -2.44. The normalized spacial score (nSPS) is 28.7. The van der Waals surface area contributed by atoms with Gasteiger partial charge in [0.15, 0.2) is 0 Å². The number of hydrogen-bond donors (Lipinski definition) is 2. The molecule has 2 saturated heterocycles. The number of ether oxygens (including phenoxy) is 1. The quantitative estimate of drug-likeness (QED) is 0.727. The fourth-order valence-corrected chi connectivity index (χ4v) is 5.56. The summed E-state index contributed by atoms with van der Waals surface area (Å²) >= 11 is 0. The molecule has 2 atom stereocenters. The molecule has 0 spiro atoms. The summed E-state index contributed by atoms with van der Waals surface area (Å²) in [5.41, 5.74) is 2.19. The molecule has 2 N–H and O–H groups in total. The zero-order valence-electron chi connectivity index (χ0n) is 19.1. The van der Waals surface area contributed by atoms with E-state index in [-0.39, 0.29) is 11.4 Å². The molecule has 1 amide bonds. The number of piperidine rings is 1. The second-order valence-electron chi connectivity index (χ2n) is 10.2. The Kier molecular flexibility index (Phi) is 5.66. The lowest BCUT2D eigenvalue weighted by molar-refractivity contribution is -0.145. The molecule has 1 aromatic heterocycles. The van der Waals surface area contributed by atoms with E-state index in [1.54, 1.807) is 6.20 Å². The van der Waals surface area contributed by atoms with Crippen LogP contribution in [0.25, 0.3) is 10.8 Å². The van der Waals surface area contributed by atoms with Gasteiger partial charge in [0, 0.05) is 30.3 Å². The van der Waals surface area contributed by atoms with E-state index in [1.807, 2.05) is 6.07 Å². The molecule has 2 unspecified atom stereocenters. The van der Waals surface area contributed by atoms with E-state index in [4.69, 9.17) is 4.74 Å². The molecule has 5 rings (SSSR count). The average molecular weight is 460 g/mol. The van der Waals surface area contributed by atoms with E-state index in [0.29, 0.717) is 24.9 Å². The lowest BCUT2D eigenvalue weighted by Crippen LogP contribution is -2.56. The highest BCUT2D eigenvalue weighted by atomic mass is 19.3. The molecule has 3 aliphatic rings. The fraction of sp³-hybridized carbons (Fsp3) is 0.600. The molecule has 33 heavy (non-hydrogen) atoms. The summed E-state index contributed by atoms with van der Waals surface area (Å²) in [5, 5.41) is 15.0. The minimum Gasteiger partial charge on any atom is -0.389 e. The highest BCUT2D eigenvalue weighted by Crippen LogP contribution is 2.43. The number of halogens is 2. The van der Waals surface area contributed by atoms with Gasteiger partial charge in [-0.1, -0.05) is 6.07 Å². The first-order chi connectivity index (χ1) is 15.6. The average Bonchev–Trinajstić information content (AvgIpc) is 3.11. The topological polar surface area (TPSA) is 74.7 Å². The Hall–Kier alpha value is -2.16. The smallest absolute Gasteiger partial charge is 0.249 e. The molecule has 2 aromatic rings. The molecule has 6 nitrogen and oxygen atoms in total. The van der Waals surface area contributed by atoms with Crippen molar-refractivity contribution in [1.82, 2.24) is 9.88 Å². The Morgan fingerprint density at radius 3 is 2.58 bits per heavy atom. The van der Waals surface area contributed by atoms with Crippen LogP contribution >= 0.6 is 0 Å². The van der Waals surface area contributed by atoms with Gasteiger partial charge in [-0.05, 0) is 74.3 Å². The van der Waals surface area contributed by atoms with Crippen molar-refractivity contribution in [3.8, 4) is 0 Å². The fourth-order valence-electron chi connectivity index (χ4n) is 5.56. The summed E-state index contributed by atoms with van der Waals surface area (Å²) in [5.74, 6) is -2.95. The number of aromatic nitrogens is 1. The van der Waals surface area contributed by atoms with Gasteiger partial charge < -0.3 is 15.2 Å². The third-order valence-corrected chi connectivity index (χ3v) is 7.86. The Labute approximate surface area is 192 Å². The van der Waals surface area contributed by atoms with Gasteiger partial charge in [-0.25, -0.2) is 13.8 Å². The maximum absolute atomic E-state index is 13.1. The Morgan fingerprint density at radius 1 is 1.21 bits per heavy atom. The number of benzene rings is 1. The second-order valence-corrected chi connectivity index (χ2v) is 10.2. The summed E-state index contributed by atoms with van der Waals surface area (Å²) in [4.78, 5) is 18.9. The largest absolute Gasteiger partial charge is 0.389 e. The van der Waals surface area contributed by atoms with Crippen LogP contribution in [0.1, 0.15) is 49.7 Å². The molecule has 0 radical (unpaired) electrons. The standard InChI is InChI=1S/C25H31F2N3O3/c1-15-7-18-12-28-22(29-23(32)19-10-25(26,27)11-19)9-17(18)8-20(15)16-3-5-30(6-4-16)24(2)14-33-13-21(24)31/h7-9,12,16,19,21,31H,3-6,10-11,13-14H2,1-2H3,(H,28,29,32). The number of aryl methyl sites for hydroxylation is 1. The van der Waals surface area contributed by atoms with Crippen molar-refractivity contribution in [2.45, 2.75) is 63.0 Å². The van der Waals surface area contributed by atoms with E-state index in [0.717, 1.165) is 36.7 Å². The van der Waals surface area contributed by atoms with Crippen molar-refractivity contribution in [1.29, 1.82) is 0 Å². The highest BCUT2D eigenvalue weighted by Gasteiger charge is 2.49. The Bertz CT molecular complexity index is 1060. The van der Waals surface area contributed by atoms with Gasteiger partial charge in [-0.15, -0.1) is 0 Å². The monoisotopic (exact) mass is 459 g/mol.